The largest absolute Gasteiger partial charge is 0.355 e. The molecule has 0 fully saturated rings. The van der Waals surface area contributed by atoms with Crippen LogP contribution >= 0.6 is 0 Å². The maximum absolute atomic E-state index is 13.2. The number of anilines is 3. The van der Waals surface area contributed by atoms with Crippen molar-refractivity contribution in [1.29, 1.82) is 0 Å². The van der Waals surface area contributed by atoms with Crippen molar-refractivity contribution in [2.45, 2.75) is 20.8 Å². The van der Waals surface area contributed by atoms with Gasteiger partial charge in [-0.3, -0.25) is 9.71 Å². The van der Waals surface area contributed by atoms with E-state index in [1.54, 1.807) is 37.3 Å². The molecule has 1 heterocycles. The number of hydrogen-bond acceptors (Lipinski definition) is 4. The summed E-state index contributed by atoms with van der Waals surface area (Å²) in [7, 11) is -3.39. The van der Waals surface area contributed by atoms with Crippen LogP contribution < -0.4 is 10.0 Å². The molecular formula is C21H22FN3O2S. The zero-order valence-corrected chi connectivity index (χ0v) is 16.8. The molecular weight excluding hydrogens is 377 g/mol. The fourth-order valence-corrected chi connectivity index (χ4v) is 3.52. The van der Waals surface area contributed by atoms with Gasteiger partial charge in [-0.15, -0.1) is 0 Å². The second kappa shape index (κ2) is 7.98. The van der Waals surface area contributed by atoms with Crippen LogP contribution in [0.5, 0.6) is 0 Å². The van der Waals surface area contributed by atoms with Gasteiger partial charge in [-0.1, -0.05) is 0 Å². The van der Waals surface area contributed by atoms with Crippen molar-refractivity contribution >= 4 is 27.1 Å². The molecule has 0 saturated heterocycles. The quantitative estimate of drug-likeness (QED) is 0.611. The molecule has 5 nitrogen and oxygen atoms in total. The van der Waals surface area contributed by atoms with E-state index >= 15 is 0 Å². The van der Waals surface area contributed by atoms with Crippen molar-refractivity contribution in [2.75, 3.05) is 15.8 Å². The minimum Gasteiger partial charge on any atom is -0.355 e. The van der Waals surface area contributed by atoms with Crippen LogP contribution in [0.1, 0.15) is 18.3 Å². The first kappa shape index (κ1) is 19.8. The summed E-state index contributed by atoms with van der Waals surface area (Å²) in [5.41, 5.74) is 5.43. The van der Waals surface area contributed by atoms with Gasteiger partial charge in [-0.25, -0.2) is 12.8 Å². The summed E-state index contributed by atoms with van der Waals surface area (Å²) in [6, 6.07) is 15.2. The van der Waals surface area contributed by atoms with Gasteiger partial charge < -0.3 is 5.32 Å². The highest BCUT2D eigenvalue weighted by Crippen LogP contribution is 2.34. The van der Waals surface area contributed by atoms with E-state index in [1.165, 1.54) is 12.1 Å². The lowest BCUT2D eigenvalue weighted by molar-refractivity contribution is 0.602. The van der Waals surface area contributed by atoms with E-state index in [9.17, 15) is 12.8 Å². The molecule has 0 aliphatic heterocycles. The van der Waals surface area contributed by atoms with Crippen molar-refractivity contribution < 1.29 is 12.8 Å². The van der Waals surface area contributed by atoms with E-state index in [1.807, 2.05) is 26.0 Å². The zero-order chi connectivity index (χ0) is 20.3. The highest BCUT2D eigenvalue weighted by Gasteiger charge is 2.12. The van der Waals surface area contributed by atoms with E-state index in [0.717, 1.165) is 33.9 Å². The van der Waals surface area contributed by atoms with Gasteiger partial charge in [0.25, 0.3) is 0 Å². The minimum absolute atomic E-state index is 0.00854. The number of benzene rings is 2. The van der Waals surface area contributed by atoms with E-state index in [0.29, 0.717) is 5.69 Å². The zero-order valence-electron chi connectivity index (χ0n) is 16.0. The molecule has 1 aromatic heterocycles. The molecule has 0 saturated carbocycles. The maximum Gasteiger partial charge on any atom is 0.232 e. The lowest BCUT2D eigenvalue weighted by Crippen LogP contribution is -2.14. The van der Waals surface area contributed by atoms with Crippen molar-refractivity contribution in [3.63, 3.8) is 0 Å². The summed E-state index contributed by atoms with van der Waals surface area (Å²) >= 11 is 0. The van der Waals surface area contributed by atoms with Crippen LogP contribution in [0.4, 0.5) is 21.5 Å². The van der Waals surface area contributed by atoms with Crippen molar-refractivity contribution in [2.24, 2.45) is 0 Å². The highest BCUT2D eigenvalue weighted by atomic mass is 32.2. The lowest BCUT2D eigenvalue weighted by atomic mass is 10.0. The molecule has 146 valence electrons. The maximum atomic E-state index is 13.2. The summed E-state index contributed by atoms with van der Waals surface area (Å²) < 4.78 is 39.7. The number of nitrogens with one attached hydrogen (secondary N) is 2. The third kappa shape index (κ3) is 4.86. The van der Waals surface area contributed by atoms with E-state index in [4.69, 9.17) is 0 Å². The van der Waals surface area contributed by atoms with Crippen LogP contribution in [-0.2, 0) is 10.0 Å². The topological polar surface area (TPSA) is 71.1 Å². The molecule has 0 unspecified atom stereocenters. The van der Waals surface area contributed by atoms with Gasteiger partial charge in [0.2, 0.25) is 10.0 Å². The Kier molecular flexibility index (Phi) is 5.65. The molecule has 28 heavy (non-hydrogen) atoms. The standard InChI is InChI=1S/C21H22FN3O2S/c1-4-28(26,27)25-19-9-10-21(24-18-7-5-17(22)6-8-18)20(13-19)16-11-14(2)23-15(3)12-16/h5-13,24-25H,4H2,1-3H3. The molecule has 0 aliphatic carbocycles. The first-order valence-electron chi connectivity index (χ1n) is 8.88. The van der Waals surface area contributed by atoms with Crippen molar-refractivity contribution in [3.8, 4) is 11.1 Å². The molecule has 7 heteroatoms. The van der Waals surface area contributed by atoms with Crippen LogP contribution in [0, 0.1) is 19.7 Å². The molecule has 0 spiro atoms. The van der Waals surface area contributed by atoms with Gasteiger partial charge in [-0.2, -0.15) is 0 Å². The summed E-state index contributed by atoms with van der Waals surface area (Å²) in [6.45, 7) is 5.41. The Morgan fingerprint density at radius 2 is 1.54 bits per heavy atom. The van der Waals surface area contributed by atoms with E-state index in [-0.39, 0.29) is 11.6 Å². The predicted octanol–water partition coefficient (Wildman–Crippen LogP) is 5.01. The monoisotopic (exact) mass is 399 g/mol. The fourth-order valence-electron chi connectivity index (χ4n) is 2.89. The van der Waals surface area contributed by atoms with Gasteiger partial charge in [0, 0.05) is 34.0 Å². The summed E-state index contributed by atoms with van der Waals surface area (Å²) in [6.07, 6.45) is 0. The lowest BCUT2D eigenvalue weighted by Gasteiger charge is -2.16. The smallest absolute Gasteiger partial charge is 0.232 e. The number of aromatic nitrogens is 1. The predicted molar refractivity (Wildman–Crippen MR) is 112 cm³/mol. The highest BCUT2D eigenvalue weighted by molar-refractivity contribution is 7.92. The number of nitrogens with zero attached hydrogens (tertiary/aromatic N) is 1. The Morgan fingerprint density at radius 3 is 2.14 bits per heavy atom. The Bertz CT molecular complexity index is 1080. The number of halogens is 1. The second-order valence-corrected chi connectivity index (χ2v) is 8.55. The summed E-state index contributed by atoms with van der Waals surface area (Å²) in [4.78, 5) is 4.40. The molecule has 0 atom stereocenters. The number of pyridine rings is 1. The number of sulfonamides is 1. The number of aryl methyl sites for hydroxylation is 2. The molecule has 2 N–H and O–H groups in total. The van der Waals surface area contributed by atoms with Crippen molar-refractivity contribution in [1.82, 2.24) is 4.98 Å². The van der Waals surface area contributed by atoms with Crippen LogP contribution in [0.2, 0.25) is 0 Å². The van der Waals surface area contributed by atoms with Gasteiger partial charge in [0.05, 0.1) is 5.75 Å². The molecule has 3 rings (SSSR count). The average Bonchev–Trinajstić information content (AvgIpc) is 2.64. The Hall–Kier alpha value is -2.93. The van der Waals surface area contributed by atoms with Crippen LogP contribution in [0.25, 0.3) is 11.1 Å². The van der Waals surface area contributed by atoms with Crippen LogP contribution in [-0.4, -0.2) is 19.2 Å². The van der Waals surface area contributed by atoms with E-state index < -0.39 is 10.0 Å². The fraction of sp³-hybridized carbons (Fsp3) is 0.190. The van der Waals surface area contributed by atoms with E-state index in [2.05, 4.69) is 15.0 Å². The third-order valence-electron chi connectivity index (χ3n) is 4.19. The first-order valence-corrected chi connectivity index (χ1v) is 10.5. The number of rotatable bonds is 6. The van der Waals surface area contributed by atoms with Crippen molar-refractivity contribution in [3.05, 3.63) is 71.8 Å². The molecule has 0 radical (unpaired) electrons. The SMILES string of the molecule is CCS(=O)(=O)Nc1ccc(Nc2ccc(F)cc2)c(-c2cc(C)nc(C)c2)c1. The normalized spacial score (nSPS) is 11.3. The number of hydrogen-bond donors (Lipinski definition) is 2. The molecule has 0 bridgehead atoms. The Morgan fingerprint density at radius 1 is 0.929 bits per heavy atom. The molecule has 2 aromatic carbocycles. The summed E-state index contributed by atoms with van der Waals surface area (Å²) in [5, 5.41) is 3.28. The second-order valence-electron chi connectivity index (χ2n) is 6.54. The van der Waals surface area contributed by atoms with Gasteiger partial charge in [-0.05, 0) is 80.9 Å². The third-order valence-corrected chi connectivity index (χ3v) is 5.50. The van der Waals surface area contributed by atoms with Crippen LogP contribution in [0.15, 0.2) is 54.6 Å². The van der Waals surface area contributed by atoms with Gasteiger partial charge in [0.1, 0.15) is 5.82 Å². The Labute approximate surface area is 164 Å². The van der Waals surface area contributed by atoms with Crippen LogP contribution in [0.3, 0.4) is 0 Å². The molecule has 0 amide bonds. The first-order chi connectivity index (χ1) is 13.3. The molecule has 0 aliphatic rings. The molecule has 3 aromatic rings. The average molecular weight is 399 g/mol. The van der Waals surface area contributed by atoms with Gasteiger partial charge >= 0.3 is 0 Å². The Balaban J connectivity index is 2.08. The summed E-state index contributed by atoms with van der Waals surface area (Å²) in [5.74, 6) is -0.318. The van der Waals surface area contributed by atoms with Gasteiger partial charge in [0.15, 0.2) is 0 Å². The minimum atomic E-state index is -3.39.